The van der Waals surface area contributed by atoms with Crippen LogP contribution in [-0.4, -0.2) is 24.9 Å². The van der Waals surface area contributed by atoms with Crippen molar-refractivity contribution >= 4 is 0 Å². The van der Waals surface area contributed by atoms with Crippen LogP contribution in [0.3, 0.4) is 0 Å². The summed E-state index contributed by atoms with van der Waals surface area (Å²) in [6.07, 6.45) is 9.84. The van der Waals surface area contributed by atoms with Crippen molar-refractivity contribution in [2.75, 3.05) is 13.7 Å². The van der Waals surface area contributed by atoms with Crippen LogP contribution in [0.5, 0.6) is 5.75 Å². The lowest BCUT2D eigenvalue weighted by Gasteiger charge is -2.34. The molecule has 0 spiro atoms. The second-order valence-corrected chi connectivity index (χ2v) is 6.60. The van der Waals surface area contributed by atoms with Crippen molar-refractivity contribution in [1.29, 1.82) is 0 Å². The van der Waals surface area contributed by atoms with E-state index in [0.29, 0.717) is 6.04 Å². The van der Waals surface area contributed by atoms with Crippen LogP contribution in [0.15, 0.2) is 18.2 Å². The molecule has 0 saturated heterocycles. The Morgan fingerprint density at radius 3 is 2.67 bits per heavy atom. The number of aliphatic hydroxyl groups is 1. The van der Waals surface area contributed by atoms with Crippen molar-refractivity contribution in [2.45, 2.75) is 62.9 Å². The summed E-state index contributed by atoms with van der Waals surface area (Å²) in [6.45, 7) is 0.170. The quantitative estimate of drug-likeness (QED) is 0.837. The number of hydrogen-bond donors (Lipinski definition) is 2. The van der Waals surface area contributed by atoms with Gasteiger partial charge >= 0.3 is 0 Å². The van der Waals surface area contributed by atoms with Crippen LogP contribution >= 0.6 is 0 Å². The van der Waals surface area contributed by atoms with Gasteiger partial charge < -0.3 is 15.2 Å². The van der Waals surface area contributed by atoms with Gasteiger partial charge in [-0.05, 0) is 48.9 Å². The summed E-state index contributed by atoms with van der Waals surface area (Å²) in [6, 6.07) is 6.83. The highest BCUT2D eigenvalue weighted by Gasteiger charge is 2.39. The molecule has 21 heavy (non-hydrogen) atoms. The van der Waals surface area contributed by atoms with Gasteiger partial charge in [0.1, 0.15) is 5.75 Å². The molecule has 1 aromatic carbocycles. The van der Waals surface area contributed by atoms with E-state index >= 15 is 0 Å². The fourth-order valence-corrected chi connectivity index (χ4v) is 4.00. The highest BCUT2D eigenvalue weighted by molar-refractivity contribution is 5.44. The molecule has 0 amide bonds. The molecule has 116 valence electrons. The van der Waals surface area contributed by atoms with Crippen LogP contribution in [0.4, 0.5) is 0 Å². The molecule has 2 aliphatic rings. The third kappa shape index (κ3) is 2.95. The Hall–Kier alpha value is -1.06. The van der Waals surface area contributed by atoms with Gasteiger partial charge in [0.15, 0.2) is 0 Å². The van der Waals surface area contributed by atoms with Gasteiger partial charge in [0, 0.05) is 6.04 Å². The topological polar surface area (TPSA) is 41.5 Å². The van der Waals surface area contributed by atoms with Gasteiger partial charge in [-0.3, -0.25) is 0 Å². The smallest absolute Gasteiger partial charge is 0.119 e. The molecule has 1 aromatic rings. The normalized spacial score (nSPS) is 26.4. The number of rotatable bonds is 4. The number of aryl methyl sites for hydroxylation is 1. The predicted octanol–water partition coefficient (Wildman–Crippen LogP) is 3.14. The molecule has 0 bridgehead atoms. The molecule has 2 aliphatic carbocycles. The van der Waals surface area contributed by atoms with Gasteiger partial charge in [-0.15, -0.1) is 0 Å². The lowest BCUT2D eigenvalue weighted by Crippen LogP contribution is -2.49. The van der Waals surface area contributed by atoms with E-state index in [1.165, 1.54) is 49.7 Å². The van der Waals surface area contributed by atoms with Crippen LogP contribution in [0, 0.1) is 0 Å². The Morgan fingerprint density at radius 2 is 2.00 bits per heavy atom. The van der Waals surface area contributed by atoms with Crippen molar-refractivity contribution in [3.8, 4) is 5.75 Å². The summed E-state index contributed by atoms with van der Waals surface area (Å²) in [5.41, 5.74) is 2.33. The Kier molecular flexibility index (Phi) is 4.51. The zero-order valence-electron chi connectivity index (χ0n) is 13.0. The molecular weight excluding hydrogens is 262 g/mol. The molecule has 1 atom stereocenters. The Labute approximate surface area is 127 Å². The highest BCUT2D eigenvalue weighted by atomic mass is 16.5. The van der Waals surface area contributed by atoms with Gasteiger partial charge in [-0.1, -0.05) is 31.7 Å². The summed E-state index contributed by atoms with van der Waals surface area (Å²) in [5, 5.41) is 13.9. The van der Waals surface area contributed by atoms with Crippen LogP contribution in [0.1, 0.15) is 56.1 Å². The largest absolute Gasteiger partial charge is 0.497 e. The zero-order chi connectivity index (χ0) is 14.7. The van der Waals surface area contributed by atoms with E-state index in [1.807, 2.05) is 6.07 Å². The van der Waals surface area contributed by atoms with Crippen molar-refractivity contribution < 1.29 is 9.84 Å². The first-order chi connectivity index (χ1) is 10.3. The van der Waals surface area contributed by atoms with E-state index in [4.69, 9.17) is 4.74 Å². The average molecular weight is 289 g/mol. The van der Waals surface area contributed by atoms with Crippen molar-refractivity contribution in [2.24, 2.45) is 0 Å². The molecular formula is C18H27NO2. The van der Waals surface area contributed by atoms with Crippen LogP contribution in [0.25, 0.3) is 0 Å². The lowest BCUT2D eigenvalue weighted by atomic mass is 9.90. The first-order valence-corrected chi connectivity index (χ1v) is 8.33. The first kappa shape index (κ1) is 14.9. The number of fused-ring (bicyclic) bond motifs is 1. The van der Waals surface area contributed by atoms with Gasteiger partial charge in [0.05, 0.1) is 19.3 Å². The first-order valence-electron chi connectivity index (χ1n) is 8.33. The fourth-order valence-electron chi connectivity index (χ4n) is 4.00. The Bertz CT molecular complexity index is 480. The van der Waals surface area contributed by atoms with Crippen LogP contribution in [-0.2, 0) is 12.0 Å². The second kappa shape index (κ2) is 6.37. The second-order valence-electron chi connectivity index (χ2n) is 6.60. The summed E-state index contributed by atoms with van der Waals surface area (Å²) >= 11 is 0. The Balaban J connectivity index is 1.85. The third-order valence-electron chi connectivity index (χ3n) is 5.26. The maximum atomic E-state index is 10.1. The maximum Gasteiger partial charge on any atom is 0.119 e. The van der Waals surface area contributed by atoms with Gasteiger partial charge in [0.2, 0.25) is 0 Å². The monoisotopic (exact) mass is 289 g/mol. The molecule has 1 unspecified atom stereocenters. The minimum Gasteiger partial charge on any atom is -0.497 e. The van der Waals surface area contributed by atoms with E-state index < -0.39 is 0 Å². The lowest BCUT2D eigenvalue weighted by molar-refractivity contribution is 0.142. The molecule has 2 N–H and O–H groups in total. The summed E-state index contributed by atoms with van der Waals surface area (Å²) in [5.74, 6) is 0.885. The van der Waals surface area contributed by atoms with E-state index in [0.717, 1.165) is 18.6 Å². The van der Waals surface area contributed by atoms with E-state index in [1.54, 1.807) is 7.11 Å². The molecule has 0 aliphatic heterocycles. The number of ether oxygens (including phenoxy) is 1. The Morgan fingerprint density at radius 1 is 1.24 bits per heavy atom. The molecule has 0 radical (unpaired) electrons. The number of nitrogens with one attached hydrogen (secondary N) is 1. The van der Waals surface area contributed by atoms with Crippen molar-refractivity contribution in [1.82, 2.24) is 5.32 Å². The zero-order valence-corrected chi connectivity index (χ0v) is 13.0. The molecule has 1 fully saturated rings. The third-order valence-corrected chi connectivity index (χ3v) is 5.26. The van der Waals surface area contributed by atoms with Crippen LogP contribution < -0.4 is 10.1 Å². The maximum absolute atomic E-state index is 10.1. The summed E-state index contributed by atoms with van der Waals surface area (Å²) in [4.78, 5) is 0. The minimum absolute atomic E-state index is 0.170. The SMILES string of the molecule is COc1ccc2c(c1)C(CO)(NC1CCCCCC1)CC2. The molecule has 3 rings (SSSR count). The van der Waals surface area contributed by atoms with Crippen molar-refractivity contribution in [3.63, 3.8) is 0 Å². The average Bonchev–Trinajstić information content (AvgIpc) is 2.70. The van der Waals surface area contributed by atoms with E-state index in [2.05, 4.69) is 17.4 Å². The summed E-state index contributed by atoms with van der Waals surface area (Å²) < 4.78 is 5.38. The van der Waals surface area contributed by atoms with Crippen molar-refractivity contribution in [3.05, 3.63) is 29.3 Å². The number of methoxy groups -OCH3 is 1. The number of hydrogen-bond acceptors (Lipinski definition) is 3. The molecule has 1 saturated carbocycles. The number of benzene rings is 1. The molecule has 0 heterocycles. The predicted molar refractivity (Wildman–Crippen MR) is 84.7 cm³/mol. The summed E-state index contributed by atoms with van der Waals surface area (Å²) in [7, 11) is 1.70. The fraction of sp³-hybridized carbons (Fsp3) is 0.667. The van der Waals surface area contributed by atoms with E-state index in [9.17, 15) is 5.11 Å². The minimum atomic E-state index is -0.265. The van der Waals surface area contributed by atoms with Gasteiger partial charge in [-0.2, -0.15) is 0 Å². The highest BCUT2D eigenvalue weighted by Crippen LogP contribution is 2.39. The van der Waals surface area contributed by atoms with Gasteiger partial charge in [0.25, 0.3) is 0 Å². The molecule has 3 heteroatoms. The molecule has 0 aromatic heterocycles. The van der Waals surface area contributed by atoms with Crippen LogP contribution in [0.2, 0.25) is 0 Å². The number of aliphatic hydroxyl groups excluding tert-OH is 1. The molecule has 3 nitrogen and oxygen atoms in total. The standard InChI is InChI=1S/C18H27NO2/c1-21-16-9-8-14-10-11-18(13-20,17(14)12-16)19-15-6-4-2-3-5-7-15/h8-9,12,15,19-20H,2-7,10-11,13H2,1H3. The van der Waals surface area contributed by atoms with Gasteiger partial charge in [-0.25, -0.2) is 0 Å². The van der Waals surface area contributed by atoms with E-state index in [-0.39, 0.29) is 12.1 Å².